The van der Waals surface area contributed by atoms with Gasteiger partial charge in [0.1, 0.15) is 0 Å². The molecule has 1 saturated heterocycles. The number of pyridine rings is 1. The van der Waals surface area contributed by atoms with E-state index in [0.717, 1.165) is 28.3 Å². The molecule has 0 unspecified atom stereocenters. The van der Waals surface area contributed by atoms with E-state index in [1.807, 2.05) is 30.5 Å². The lowest BCUT2D eigenvalue weighted by atomic mass is 10.0. The molecule has 0 saturated carbocycles. The Kier molecular flexibility index (Phi) is 7.07. The van der Waals surface area contributed by atoms with Gasteiger partial charge in [0.2, 0.25) is 10.0 Å². The summed E-state index contributed by atoms with van der Waals surface area (Å²) in [6.45, 7) is 7.11. The molecule has 2 aromatic rings. The van der Waals surface area contributed by atoms with Crippen molar-refractivity contribution in [2.24, 2.45) is 7.05 Å². The molecule has 0 spiro atoms. The van der Waals surface area contributed by atoms with Gasteiger partial charge in [0.15, 0.2) is 0 Å². The Labute approximate surface area is 182 Å². The van der Waals surface area contributed by atoms with E-state index in [0.29, 0.717) is 37.4 Å². The van der Waals surface area contributed by atoms with Gasteiger partial charge < -0.3 is 10.3 Å². The van der Waals surface area contributed by atoms with Crippen molar-refractivity contribution in [1.82, 2.24) is 13.8 Å². The Morgan fingerprint density at radius 2 is 1.93 bits per heavy atom. The molecule has 3 rings (SSSR count). The molecule has 2 N–H and O–H groups in total. The van der Waals surface area contributed by atoms with Gasteiger partial charge >= 0.3 is 0 Å². The van der Waals surface area contributed by atoms with Crippen molar-refractivity contribution in [3.8, 4) is 11.1 Å². The van der Waals surface area contributed by atoms with Gasteiger partial charge in [0, 0.05) is 67.9 Å². The molecule has 0 aliphatic carbocycles. The summed E-state index contributed by atoms with van der Waals surface area (Å²) in [5.41, 5.74) is 9.06. The third kappa shape index (κ3) is 5.15. The van der Waals surface area contributed by atoms with Crippen LogP contribution in [0.15, 0.2) is 46.7 Å². The Morgan fingerprint density at radius 1 is 1.23 bits per heavy atom. The monoisotopic (exact) mass is 448 g/mol. The number of aryl methyl sites for hydroxylation is 1. The fourth-order valence-corrected chi connectivity index (χ4v) is 5.58. The summed E-state index contributed by atoms with van der Waals surface area (Å²) in [6.07, 6.45) is 4.71. The van der Waals surface area contributed by atoms with Crippen LogP contribution in [-0.2, 0) is 17.1 Å². The van der Waals surface area contributed by atoms with Crippen molar-refractivity contribution in [1.29, 1.82) is 0 Å². The lowest BCUT2D eigenvalue weighted by Gasteiger charge is -2.33. The van der Waals surface area contributed by atoms with Crippen LogP contribution in [0.3, 0.4) is 0 Å². The van der Waals surface area contributed by atoms with E-state index in [-0.39, 0.29) is 5.56 Å². The van der Waals surface area contributed by atoms with E-state index in [9.17, 15) is 13.2 Å². The standard InChI is InChI=1S/C21H28N4O3S2/c1-4-18-20(29-13-12-24-8-10-25(11-9-24)30(3,27)28)19(15-23(2)21(18)26)16-6-5-7-17(22)14-16/h4-7,14-15H,1,8-13,22H2,2-3H3. The number of hydrogen-bond acceptors (Lipinski definition) is 6. The van der Waals surface area contributed by atoms with E-state index in [2.05, 4.69) is 11.5 Å². The number of sulfonamides is 1. The molecule has 7 nitrogen and oxygen atoms in total. The van der Waals surface area contributed by atoms with E-state index in [4.69, 9.17) is 5.73 Å². The molecule has 1 aliphatic heterocycles. The van der Waals surface area contributed by atoms with Crippen molar-refractivity contribution in [3.05, 3.63) is 53.0 Å². The average molecular weight is 449 g/mol. The number of benzene rings is 1. The number of aromatic nitrogens is 1. The van der Waals surface area contributed by atoms with E-state index in [1.165, 1.54) is 10.6 Å². The number of piperazine rings is 1. The molecule has 162 valence electrons. The third-order valence-corrected chi connectivity index (χ3v) is 7.64. The van der Waals surface area contributed by atoms with E-state index in [1.54, 1.807) is 29.5 Å². The smallest absolute Gasteiger partial charge is 0.258 e. The van der Waals surface area contributed by atoms with Crippen LogP contribution >= 0.6 is 11.8 Å². The van der Waals surface area contributed by atoms with Crippen LogP contribution < -0.4 is 11.3 Å². The molecule has 0 radical (unpaired) electrons. The number of hydrogen-bond donors (Lipinski definition) is 1. The predicted octanol–water partition coefficient (Wildman–Crippen LogP) is 1.95. The van der Waals surface area contributed by atoms with Crippen LogP contribution in [0.2, 0.25) is 0 Å². The van der Waals surface area contributed by atoms with E-state index >= 15 is 0 Å². The van der Waals surface area contributed by atoms with Crippen LogP contribution in [0.4, 0.5) is 5.69 Å². The van der Waals surface area contributed by atoms with Crippen LogP contribution in [0.5, 0.6) is 0 Å². The maximum Gasteiger partial charge on any atom is 0.258 e. The Morgan fingerprint density at radius 3 is 2.53 bits per heavy atom. The second-order valence-electron chi connectivity index (χ2n) is 7.38. The zero-order chi connectivity index (χ0) is 21.9. The largest absolute Gasteiger partial charge is 0.399 e. The minimum absolute atomic E-state index is 0.0816. The summed E-state index contributed by atoms with van der Waals surface area (Å²) < 4.78 is 26.4. The first-order valence-corrected chi connectivity index (χ1v) is 12.6. The minimum atomic E-state index is -3.13. The molecule has 0 bridgehead atoms. The topological polar surface area (TPSA) is 88.6 Å². The van der Waals surface area contributed by atoms with Gasteiger partial charge in [-0.2, -0.15) is 4.31 Å². The third-order valence-electron chi connectivity index (χ3n) is 5.22. The van der Waals surface area contributed by atoms with Gasteiger partial charge in [-0.3, -0.25) is 9.69 Å². The van der Waals surface area contributed by atoms with E-state index < -0.39 is 10.0 Å². The van der Waals surface area contributed by atoms with Crippen molar-refractivity contribution >= 4 is 33.5 Å². The molecule has 9 heteroatoms. The lowest BCUT2D eigenvalue weighted by Crippen LogP contribution is -2.48. The highest BCUT2D eigenvalue weighted by molar-refractivity contribution is 7.99. The SMILES string of the molecule is C=Cc1c(SCCN2CCN(S(C)(=O)=O)CC2)c(-c2cccc(N)c2)cn(C)c1=O. The summed E-state index contributed by atoms with van der Waals surface area (Å²) in [7, 11) is -1.39. The maximum absolute atomic E-state index is 12.6. The molecular formula is C21H28N4O3S2. The van der Waals surface area contributed by atoms with Crippen LogP contribution in [0.25, 0.3) is 17.2 Å². The first-order valence-electron chi connectivity index (χ1n) is 9.73. The summed E-state index contributed by atoms with van der Waals surface area (Å²) in [6, 6.07) is 7.63. The molecular weight excluding hydrogens is 420 g/mol. The van der Waals surface area contributed by atoms with Crippen molar-refractivity contribution in [2.75, 3.05) is 50.5 Å². The van der Waals surface area contributed by atoms with Gasteiger partial charge in [0.05, 0.1) is 11.8 Å². The highest BCUT2D eigenvalue weighted by Gasteiger charge is 2.23. The van der Waals surface area contributed by atoms with Crippen molar-refractivity contribution in [3.63, 3.8) is 0 Å². The second-order valence-corrected chi connectivity index (χ2v) is 10.5. The molecule has 0 amide bonds. The Hall–Kier alpha value is -2.07. The number of nitrogens with zero attached hydrogens (tertiary/aromatic N) is 3. The zero-order valence-corrected chi connectivity index (χ0v) is 19.0. The zero-order valence-electron chi connectivity index (χ0n) is 17.4. The first kappa shape index (κ1) is 22.6. The van der Waals surface area contributed by atoms with Gasteiger partial charge in [-0.25, -0.2) is 8.42 Å². The van der Waals surface area contributed by atoms with Gasteiger partial charge in [-0.1, -0.05) is 24.8 Å². The average Bonchev–Trinajstić information content (AvgIpc) is 2.70. The van der Waals surface area contributed by atoms with Gasteiger partial charge in [0.25, 0.3) is 5.56 Å². The quantitative estimate of drug-likeness (QED) is 0.514. The molecule has 1 aliphatic rings. The molecule has 1 aromatic carbocycles. The van der Waals surface area contributed by atoms with Gasteiger partial charge in [-0.05, 0) is 17.7 Å². The Balaban J connectivity index is 1.78. The minimum Gasteiger partial charge on any atom is -0.399 e. The Bertz CT molecular complexity index is 1090. The maximum atomic E-state index is 12.6. The normalized spacial score (nSPS) is 15.9. The summed E-state index contributed by atoms with van der Waals surface area (Å²) in [5.74, 6) is 0.780. The molecule has 0 atom stereocenters. The van der Waals surface area contributed by atoms with Crippen LogP contribution in [0, 0.1) is 0 Å². The molecule has 1 fully saturated rings. The predicted molar refractivity (Wildman–Crippen MR) is 125 cm³/mol. The van der Waals surface area contributed by atoms with Crippen LogP contribution in [0.1, 0.15) is 5.56 Å². The molecule has 2 heterocycles. The fourth-order valence-electron chi connectivity index (χ4n) is 3.55. The highest BCUT2D eigenvalue weighted by Crippen LogP contribution is 2.34. The second kappa shape index (κ2) is 9.38. The number of nitrogen functional groups attached to an aromatic ring is 1. The first-order chi connectivity index (χ1) is 14.2. The fraction of sp³-hybridized carbons (Fsp3) is 0.381. The highest BCUT2D eigenvalue weighted by atomic mass is 32.2. The summed E-state index contributed by atoms with van der Waals surface area (Å²) >= 11 is 1.62. The van der Waals surface area contributed by atoms with Gasteiger partial charge in [-0.15, -0.1) is 11.8 Å². The molecule has 1 aromatic heterocycles. The number of rotatable bonds is 7. The molecule has 30 heavy (non-hydrogen) atoms. The summed E-state index contributed by atoms with van der Waals surface area (Å²) in [4.78, 5) is 15.8. The van der Waals surface area contributed by atoms with Crippen molar-refractivity contribution < 1.29 is 8.42 Å². The number of anilines is 1. The number of nitrogens with two attached hydrogens (primary N) is 1. The van der Waals surface area contributed by atoms with Crippen LogP contribution in [-0.4, -0.2) is 66.9 Å². The summed E-state index contributed by atoms with van der Waals surface area (Å²) in [5, 5.41) is 0. The lowest BCUT2D eigenvalue weighted by molar-refractivity contribution is 0.198. The van der Waals surface area contributed by atoms with Crippen molar-refractivity contribution in [2.45, 2.75) is 4.90 Å². The number of thioether (sulfide) groups is 1.